The van der Waals surface area contributed by atoms with E-state index < -0.39 is 10.8 Å². The van der Waals surface area contributed by atoms with Crippen LogP contribution in [0, 0.1) is 0 Å². The van der Waals surface area contributed by atoms with Gasteiger partial charge in [-0.1, -0.05) is 60.7 Å². The molecule has 0 spiro atoms. The van der Waals surface area contributed by atoms with Gasteiger partial charge in [0.25, 0.3) is 0 Å². The van der Waals surface area contributed by atoms with Crippen LogP contribution in [0.15, 0.2) is 65.7 Å². The Balaban J connectivity index is 0.00000289. The van der Waals surface area contributed by atoms with Crippen LogP contribution in [-0.2, 0) is 23.1 Å². The average Bonchev–Trinajstić information content (AvgIpc) is 3.02. The Morgan fingerprint density at radius 1 is 1.00 bits per heavy atom. The quantitative estimate of drug-likeness (QED) is 0.289. The van der Waals surface area contributed by atoms with E-state index >= 15 is 0 Å². The highest BCUT2D eigenvalue weighted by atomic mass is 127. The van der Waals surface area contributed by atoms with Gasteiger partial charge >= 0.3 is 0 Å². The summed E-state index contributed by atoms with van der Waals surface area (Å²) in [5.74, 6) is 2.06. The average molecular weight is 567 g/mol. The van der Waals surface area contributed by atoms with E-state index in [1.807, 2.05) is 37.4 Å². The van der Waals surface area contributed by atoms with Gasteiger partial charge in [0.05, 0.1) is 0 Å². The molecular weight excluding hydrogens is 531 g/mol. The Labute approximate surface area is 211 Å². The van der Waals surface area contributed by atoms with Crippen LogP contribution in [0.25, 0.3) is 0 Å². The highest BCUT2D eigenvalue weighted by Gasteiger charge is 2.40. The maximum atomic E-state index is 12.4. The smallest absolute Gasteiger partial charge is 0.191 e. The molecule has 2 aliphatic heterocycles. The Morgan fingerprint density at radius 2 is 1.59 bits per heavy atom. The molecule has 2 aromatic rings. The van der Waals surface area contributed by atoms with Gasteiger partial charge in [0.15, 0.2) is 5.96 Å². The lowest BCUT2D eigenvalue weighted by molar-refractivity contribution is 0.114. The second-order valence-electron chi connectivity index (χ2n) is 8.63. The Kier molecular flexibility index (Phi) is 9.99. The van der Waals surface area contributed by atoms with E-state index in [4.69, 9.17) is 0 Å². The molecule has 5 nitrogen and oxygen atoms in total. The fourth-order valence-electron chi connectivity index (χ4n) is 4.95. The van der Waals surface area contributed by atoms with Crippen LogP contribution in [0.1, 0.15) is 36.8 Å². The van der Waals surface area contributed by atoms with E-state index in [2.05, 4.69) is 50.9 Å². The number of rotatable bonds is 8. The molecule has 3 unspecified atom stereocenters. The molecule has 0 amide bonds. The molecule has 0 radical (unpaired) electrons. The van der Waals surface area contributed by atoms with Crippen molar-refractivity contribution in [1.82, 2.24) is 15.5 Å². The zero-order chi connectivity index (χ0) is 21.5. The van der Waals surface area contributed by atoms with Gasteiger partial charge in [-0.25, -0.2) is 0 Å². The van der Waals surface area contributed by atoms with Crippen molar-refractivity contribution in [2.24, 2.45) is 4.99 Å². The highest BCUT2D eigenvalue weighted by Crippen LogP contribution is 2.36. The lowest BCUT2D eigenvalue weighted by Gasteiger charge is -2.39. The summed E-state index contributed by atoms with van der Waals surface area (Å²) >= 11 is 0. The van der Waals surface area contributed by atoms with Crippen molar-refractivity contribution in [1.29, 1.82) is 0 Å². The number of hydrogen-bond donors (Lipinski definition) is 2. The maximum absolute atomic E-state index is 12.4. The lowest BCUT2D eigenvalue weighted by Crippen LogP contribution is -2.52. The first kappa shape index (κ1) is 25.2. The number of guanidine groups is 1. The topological polar surface area (TPSA) is 56.7 Å². The second-order valence-corrected chi connectivity index (χ2v) is 10.2. The third kappa shape index (κ3) is 7.02. The molecule has 3 atom stereocenters. The standard InChI is InChI=1S/C25H34N4OS.HI/c1-26-25(27-14-15-31(30)19-21-10-6-3-7-11-21)28-22-16-23-12-13-24(17-22)29(23)18-20-8-4-2-5-9-20;/h2-11,22-24H,12-19H2,1H3,(H2,26,27,28);1H. The van der Waals surface area contributed by atoms with Crippen LogP contribution < -0.4 is 10.6 Å². The van der Waals surface area contributed by atoms with Gasteiger partial charge in [-0.05, 0) is 36.8 Å². The summed E-state index contributed by atoms with van der Waals surface area (Å²) in [5.41, 5.74) is 2.54. The van der Waals surface area contributed by atoms with E-state index in [1.165, 1.54) is 18.4 Å². The highest BCUT2D eigenvalue weighted by molar-refractivity contribution is 14.0. The first-order chi connectivity index (χ1) is 15.2. The third-order valence-electron chi connectivity index (χ3n) is 6.45. The predicted octanol–water partition coefficient (Wildman–Crippen LogP) is 3.91. The largest absolute Gasteiger partial charge is 0.355 e. The van der Waals surface area contributed by atoms with Crippen molar-refractivity contribution >= 4 is 40.7 Å². The number of fused-ring (bicyclic) bond motifs is 2. The fraction of sp³-hybridized carbons (Fsp3) is 0.480. The summed E-state index contributed by atoms with van der Waals surface area (Å²) in [6.07, 6.45) is 4.90. The van der Waals surface area contributed by atoms with Gasteiger partial charge in [0, 0.05) is 60.6 Å². The zero-order valence-electron chi connectivity index (χ0n) is 18.8. The van der Waals surface area contributed by atoms with Crippen molar-refractivity contribution in [2.75, 3.05) is 19.3 Å². The lowest BCUT2D eigenvalue weighted by atomic mass is 9.96. The maximum Gasteiger partial charge on any atom is 0.191 e. The number of nitrogens with zero attached hydrogens (tertiary/aromatic N) is 2. The first-order valence-corrected chi connectivity index (χ1v) is 12.9. The van der Waals surface area contributed by atoms with E-state index in [0.29, 0.717) is 36.2 Å². The SMILES string of the molecule is CN=C(NCCS(=O)Cc1ccccc1)NC1CC2CCC(C1)N2Cc1ccccc1.I. The molecule has 0 saturated carbocycles. The van der Waals surface area contributed by atoms with Crippen LogP contribution in [0.3, 0.4) is 0 Å². The van der Waals surface area contributed by atoms with Crippen LogP contribution in [0.2, 0.25) is 0 Å². The fourth-order valence-corrected chi connectivity index (χ4v) is 5.99. The number of aliphatic imine (C=N–C) groups is 1. The summed E-state index contributed by atoms with van der Waals surface area (Å²) in [6.45, 7) is 1.72. The van der Waals surface area contributed by atoms with Crippen LogP contribution in [0.4, 0.5) is 0 Å². The minimum absolute atomic E-state index is 0. The number of hydrogen-bond acceptors (Lipinski definition) is 3. The van der Waals surface area contributed by atoms with Gasteiger partial charge in [0.2, 0.25) is 0 Å². The van der Waals surface area contributed by atoms with Crippen molar-refractivity contribution in [2.45, 2.75) is 56.1 Å². The number of nitrogens with one attached hydrogen (secondary N) is 2. The van der Waals surface area contributed by atoms with Crippen molar-refractivity contribution in [3.05, 3.63) is 71.8 Å². The Morgan fingerprint density at radius 3 is 2.19 bits per heavy atom. The molecule has 2 aromatic carbocycles. The predicted molar refractivity (Wildman–Crippen MR) is 145 cm³/mol. The zero-order valence-corrected chi connectivity index (χ0v) is 21.9. The van der Waals surface area contributed by atoms with Crippen LogP contribution in [-0.4, -0.2) is 52.5 Å². The molecule has 32 heavy (non-hydrogen) atoms. The van der Waals surface area contributed by atoms with Crippen LogP contribution in [0.5, 0.6) is 0 Å². The van der Waals surface area contributed by atoms with Gasteiger partial charge in [0.1, 0.15) is 0 Å². The van der Waals surface area contributed by atoms with Gasteiger partial charge in [-0.3, -0.25) is 14.1 Å². The molecule has 174 valence electrons. The minimum Gasteiger partial charge on any atom is -0.355 e. The number of halogens is 1. The Hall–Kier alpha value is -1.45. The van der Waals surface area contributed by atoms with Crippen molar-refractivity contribution in [3.63, 3.8) is 0 Å². The molecule has 2 N–H and O–H groups in total. The molecule has 0 aliphatic carbocycles. The number of benzene rings is 2. The monoisotopic (exact) mass is 566 g/mol. The molecule has 2 bridgehead atoms. The third-order valence-corrected chi connectivity index (χ3v) is 7.76. The summed E-state index contributed by atoms with van der Waals surface area (Å²) in [4.78, 5) is 7.11. The first-order valence-electron chi connectivity index (χ1n) is 11.4. The minimum atomic E-state index is -0.874. The number of piperidine rings is 1. The van der Waals surface area contributed by atoms with E-state index in [-0.39, 0.29) is 24.0 Å². The molecule has 2 saturated heterocycles. The molecule has 2 aliphatic rings. The summed E-state index contributed by atoms with van der Waals surface area (Å²) < 4.78 is 12.4. The van der Waals surface area contributed by atoms with E-state index in [9.17, 15) is 4.21 Å². The van der Waals surface area contributed by atoms with Gasteiger partial charge in [-0.15, -0.1) is 24.0 Å². The molecular formula is C25H35IN4OS. The normalized spacial score (nSPS) is 23.9. The second kappa shape index (κ2) is 12.7. The van der Waals surface area contributed by atoms with E-state index in [0.717, 1.165) is 30.9 Å². The molecule has 4 rings (SSSR count). The summed E-state index contributed by atoms with van der Waals surface area (Å²) in [7, 11) is 0.941. The van der Waals surface area contributed by atoms with Gasteiger partial charge < -0.3 is 10.6 Å². The van der Waals surface area contributed by atoms with Crippen molar-refractivity contribution in [3.8, 4) is 0 Å². The molecule has 0 aromatic heterocycles. The van der Waals surface area contributed by atoms with E-state index in [1.54, 1.807) is 0 Å². The summed E-state index contributed by atoms with van der Waals surface area (Å²) in [5, 5.41) is 6.99. The van der Waals surface area contributed by atoms with Crippen molar-refractivity contribution < 1.29 is 4.21 Å². The van der Waals surface area contributed by atoms with Gasteiger partial charge in [-0.2, -0.15) is 0 Å². The summed E-state index contributed by atoms with van der Waals surface area (Å²) in [6, 6.07) is 22.6. The van der Waals surface area contributed by atoms with Crippen LogP contribution >= 0.6 is 24.0 Å². The molecule has 2 fully saturated rings. The molecule has 7 heteroatoms. The molecule has 2 heterocycles. The Bertz CT molecular complexity index is 866.